The van der Waals surface area contributed by atoms with Crippen LogP contribution in [0.25, 0.3) is 0 Å². The minimum Gasteiger partial charge on any atom is -0.336 e. The SMILES string of the molecule is Cc1cc(C)c(N2CCCCN3C2=NCC3(C)C)cc1C. The number of fused-ring (bicyclic) bond motifs is 1. The number of hydrogen-bond acceptors (Lipinski definition) is 3. The Morgan fingerprint density at radius 1 is 0.952 bits per heavy atom. The summed E-state index contributed by atoms with van der Waals surface area (Å²) in [7, 11) is 0. The summed E-state index contributed by atoms with van der Waals surface area (Å²) in [4.78, 5) is 9.85. The molecule has 0 radical (unpaired) electrons. The number of benzene rings is 1. The van der Waals surface area contributed by atoms with Crippen LogP contribution in [0.2, 0.25) is 0 Å². The summed E-state index contributed by atoms with van der Waals surface area (Å²) in [5, 5.41) is 0. The summed E-state index contributed by atoms with van der Waals surface area (Å²) >= 11 is 0. The van der Waals surface area contributed by atoms with Crippen LogP contribution in [0.3, 0.4) is 0 Å². The second-order valence-electron chi connectivity index (χ2n) is 7.16. The predicted octanol–water partition coefficient (Wildman–Crippen LogP) is 3.66. The Balaban J connectivity index is 2.03. The van der Waals surface area contributed by atoms with Gasteiger partial charge in [-0.2, -0.15) is 0 Å². The Kier molecular flexibility index (Phi) is 3.46. The molecule has 0 atom stereocenters. The highest BCUT2D eigenvalue weighted by Gasteiger charge is 2.38. The zero-order valence-electron chi connectivity index (χ0n) is 14.0. The average molecular weight is 285 g/mol. The molecule has 114 valence electrons. The van der Waals surface area contributed by atoms with Crippen molar-refractivity contribution in [1.29, 1.82) is 0 Å². The van der Waals surface area contributed by atoms with Gasteiger partial charge in [0.15, 0.2) is 0 Å². The molecule has 3 nitrogen and oxygen atoms in total. The van der Waals surface area contributed by atoms with Crippen molar-refractivity contribution in [1.82, 2.24) is 4.90 Å². The van der Waals surface area contributed by atoms with Gasteiger partial charge in [0.1, 0.15) is 0 Å². The zero-order chi connectivity index (χ0) is 15.2. The van der Waals surface area contributed by atoms with E-state index in [9.17, 15) is 0 Å². The van der Waals surface area contributed by atoms with Crippen molar-refractivity contribution in [2.24, 2.45) is 4.99 Å². The maximum absolute atomic E-state index is 4.89. The van der Waals surface area contributed by atoms with E-state index in [1.807, 2.05) is 0 Å². The first-order valence-electron chi connectivity index (χ1n) is 8.07. The Labute approximate surface area is 128 Å². The highest BCUT2D eigenvalue weighted by molar-refractivity contribution is 5.98. The van der Waals surface area contributed by atoms with Crippen molar-refractivity contribution in [3.05, 3.63) is 28.8 Å². The first-order valence-corrected chi connectivity index (χ1v) is 8.07. The fourth-order valence-corrected chi connectivity index (χ4v) is 3.44. The number of guanidine groups is 1. The van der Waals surface area contributed by atoms with Crippen LogP contribution in [0.5, 0.6) is 0 Å². The van der Waals surface area contributed by atoms with Crippen LogP contribution in [0.15, 0.2) is 17.1 Å². The summed E-state index contributed by atoms with van der Waals surface area (Å²) in [6.07, 6.45) is 2.49. The zero-order valence-corrected chi connectivity index (χ0v) is 14.0. The van der Waals surface area contributed by atoms with Crippen LogP contribution in [0.4, 0.5) is 5.69 Å². The fourth-order valence-electron chi connectivity index (χ4n) is 3.44. The van der Waals surface area contributed by atoms with Crippen LogP contribution >= 0.6 is 0 Å². The largest absolute Gasteiger partial charge is 0.336 e. The lowest BCUT2D eigenvalue weighted by Crippen LogP contribution is -2.49. The number of anilines is 1. The van der Waals surface area contributed by atoms with Gasteiger partial charge in [-0.15, -0.1) is 0 Å². The molecule has 0 N–H and O–H groups in total. The highest BCUT2D eigenvalue weighted by Crippen LogP contribution is 2.32. The number of rotatable bonds is 1. The average Bonchev–Trinajstić information content (AvgIpc) is 2.61. The van der Waals surface area contributed by atoms with E-state index in [4.69, 9.17) is 4.99 Å². The summed E-state index contributed by atoms with van der Waals surface area (Å²) in [6, 6.07) is 4.64. The van der Waals surface area contributed by atoms with Crippen molar-refractivity contribution >= 4 is 11.6 Å². The van der Waals surface area contributed by atoms with Crippen molar-refractivity contribution in [3.8, 4) is 0 Å². The molecular weight excluding hydrogens is 258 g/mol. The number of hydrogen-bond donors (Lipinski definition) is 0. The Morgan fingerprint density at radius 2 is 1.62 bits per heavy atom. The minimum atomic E-state index is 0.158. The standard InChI is InChI=1S/C18H27N3/c1-13-10-15(3)16(11-14(13)2)20-8-6-7-9-21-17(20)19-12-18(21,4)5/h10-11H,6-9,12H2,1-5H3. The van der Waals surface area contributed by atoms with Crippen LogP contribution in [0.1, 0.15) is 43.4 Å². The molecule has 0 aliphatic carbocycles. The molecule has 1 aromatic rings. The van der Waals surface area contributed by atoms with Crippen molar-refractivity contribution < 1.29 is 0 Å². The third kappa shape index (κ3) is 2.43. The van der Waals surface area contributed by atoms with Gasteiger partial charge in [-0.3, -0.25) is 4.99 Å². The molecule has 2 aliphatic rings. The van der Waals surface area contributed by atoms with Gasteiger partial charge in [0.25, 0.3) is 0 Å². The van der Waals surface area contributed by atoms with E-state index in [0.717, 1.165) is 19.6 Å². The predicted molar refractivity (Wildman–Crippen MR) is 90.3 cm³/mol. The van der Waals surface area contributed by atoms with Gasteiger partial charge >= 0.3 is 0 Å². The summed E-state index contributed by atoms with van der Waals surface area (Å²) < 4.78 is 0. The van der Waals surface area contributed by atoms with Gasteiger partial charge in [-0.05, 0) is 70.2 Å². The Hall–Kier alpha value is -1.51. The Bertz CT molecular complexity index is 586. The molecule has 0 unspecified atom stereocenters. The van der Waals surface area contributed by atoms with Crippen molar-refractivity contribution in [2.75, 3.05) is 24.5 Å². The molecule has 1 fully saturated rings. The maximum Gasteiger partial charge on any atom is 0.201 e. The number of aryl methyl sites for hydroxylation is 3. The van der Waals surface area contributed by atoms with Gasteiger partial charge in [0.05, 0.1) is 12.1 Å². The van der Waals surface area contributed by atoms with Gasteiger partial charge in [-0.1, -0.05) is 6.07 Å². The van der Waals surface area contributed by atoms with Gasteiger partial charge in [0, 0.05) is 18.8 Å². The molecule has 0 bridgehead atoms. The lowest BCUT2D eigenvalue weighted by molar-refractivity contribution is 0.246. The molecule has 0 spiro atoms. The van der Waals surface area contributed by atoms with E-state index in [1.165, 1.54) is 41.2 Å². The van der Waals surface area contributed by atoms with Crippen LogP contribution in [-0.4, -0.2) is 36.0 Å². The lowest BCUT2D eigenvalue weighted by Gasteiger charge is -2.36. The third-order valence-corrected chi connectivity index (χ3v) is 4.94. The van der Waals surface area contributed by atoms with E-state index in [-0.39, 0.29) is 5.54 Å². The first kappa shape index (κ1) is 14.4. The minimum absolute atomic E-state index is 0.158. The number of aliphatic imine (C=N–C) groups is 1. The molecule has 2 aliphatic heterocycles. The maximum atomic E-state index is 4.89. The summed E-state index contributed by atoms with van der Waals surface area (Å²) in [5.74, 6) is 1.18. The van der Waals surface area contributed by atoms with Crippen molar-refractivity contribution in [2.45, 2.75) is 53.0 Å². The van der Waals surface area contributed by atoms with Crippen molar-refractivity contribution in [3.63, 3.8) is 0 Å². The van der Waals surface area contributed by atoms with E-state index >= 15 is 0 Å². The molecule has 1 saturated heterocycles. The molecular formula is C18H27N3. The van der Waals surface area contributed by atoms with E-state index in [2.05, 4.69) is 56.6 Å². The van der Waals surface area contributed by atoms with Crippen LogP contribution in [0, 0.1) is 20.8 Å². The molecule has 2 heterocycles. The fraction of sp³-hybridized carbons (Fsp3) is 0.611. The molecule has 1 aromatic carbocycles. The molecule has 3 rings (SSSR count). The van der Waals surface area contributed by atoms with Gasteiger partial charge in [-0.25, -0.2) is 0 Å². The van der Waals surface area contributed by atoms with Crippen LogP contribution in [-0.2, 0) is 0 Å². The quantitative estimate of drug-likeness (QED) is 0.784. The monoisotopic (exact) mass is 285 g/mol. The normalized spacial score (nSPS) is 21.1. The molecule has 21 heavy (non-hydrogen) atoms. The summed E-state index contributed by atoms with van der Waals surface area (Å²) in [6.45, 7) is 14.3. The van der Waals surface area contributed by atoms with Crippen LogP contribution < -0.4 is 4.90 Å². The topological polar surface area (TPSA) is 18.8 Å². The van der Waals surface area contributed by atoms with E-state index in [0.29, 0.717) is 0 Å². The van der Waals surface area contributed by atoms with Gasteiger partial charge < -0.3 is 9.80 Å². The lowest BCUT2D eigenvalue weighted by atomic mass is 10.0. The highest BCUT2D eigenvalue weighted by atomic mass is 15.4. The molecule has 3 heteroatoms. The first-order chi connectivity index (χ1) is 9.90. The second kappa shape index (κ2) is 5.04. The smallest absolute Gasteiger partial charge is 0.201 e. The molecule has 0 aromatic heterocycles. The number of nitrogens with zero attached hydrogens (tertiary/aromatic N) is 3. The van der Waals surface area contributed by atoms with Gasteiger partial charge in [0.2, 0.25) is 5.96 Å². The Morgan fingerprint density at radius 3 is 2.38 bits per heavy atom. The second-order valence-corrected chi connectivity index (χ2v) is 7.16. The molecule has 0 saturated carbocycles. The molecule has 0 amide bonds. The van der Waals surface area contributed by atoms with E-state index in [1.54, 1.807) is 0 Å². The third-order valence-electron chi connectivity index (χ3n) is 4.94. The summed E-state index contributed by atoms with van der Waals surface area (Å²) in [5.41, 5.74) is 5.58. The van der Waals surface area contributed by atoms with E-state index < -0.39 is 0 Å².